The number of hydrogen-bond donors (Lipinski definition) is 0. The lowest BCUT2D eigenvalue weighted by Crippen LogP contribution is -2.36. The fraction of sp³-hybridized carbons (Fsp3) is 0.333. The highest BCUT2D eigenvalue weighted by Gasteiger charge is 2.22. The summed E-state index contributed by atoms with van der Waals surface area (Å²) in [4.78, 5) is 26.6. The number of aromatic nitrogens is 4. The van der Waals surface area contributed by atoms with Crippen molar-refractivity contribution in [2.45, 2.75) is 19.4 Å². The number of halogens is 1. The Balaban J connectivity index is 1.50. The van der Waals surface area contributed by atoms with Gasteiger partial charge in [0, 0.05) is 37.3 Å². The first-order valence-corrected chi connectivity index (χ1v) is 8.36. The number of piperidine rings is 1. The quantitative estimate of drug-likeness (QED) is 0.732. The van der Waals surface area contributed by atoms with Crippen molar-refractivity contribution in [2.24, 2.45) is 5.92 Å². The molecule has 3 heterocycles. The van der Waals surface area contributed by atoms with Crippen molar-refractivity contribution in [3.05, 3.63) is 59.3 Å². The maximum Gasteiger partial charge on any atom is 0.253 e. The highest BCUT2D eigenvalue weighted by atomic mass is 19.1. The van der Waals surface area contributed by atoms with E-state index in [2.05, 4.69) is 19.9 Å². The number of anilines is 1. The summed E-state index contributed by atoms with van der Waals surface area (Å²) in [6.45, 7) is 2.32. The molecule has 0 amide bonds. The molecule has 0 radical (unpaired) electrons. The number of rotatable bonds is 3. The second kappa shape index (κ2) is 6.58. The van der Waals surface area contributed by atoms with Crippen molar-refractivity contribution in [1.29, 1.82) is 0 Å². The van der Waals surface area contributed by atoms with Crippen LogP contribution >= 0.6 is 0 Å². The van der Waals surface area contributed by atoms with Crippen LogP contribution in [0.15, 0.2) is 47.9 Å². The first-order chi connectivity index (χ1) is 12.2. The van der Waals surface area contributed by atoms with E-state index in [0.29, 0.717) is 12.5 Å². The molecule has 4 rings (SSSR count). The van der Waals surface area contributed by atoms with E-state index in [4.69, 9.17) is 0 Å². The van der Waals surface area contributed by atoms with Gasteiger partial charge in [-0.05, 0) is 37.0 Å². The molecule has 1 aliphatic rings. The smallest absolute Gasteiger partial charge is 0.253 e. The largest absolute Gasteiger partial charge is 0.356 e. The number of nitrogens with zero attached hydrogens (tertiary/aromatic N) is 5. The standard InChI is InChI=1S/C18H18FN5O/c19-14-1-2-16-15(9-14)18(22-11-21-16)23-7-4-13(5-8-23)10-24-12-20-6-3-17(24)25/h1-3,6,9,11-13H,4-5,7-8,10H2. The Kier molecular flexibility index (Phi) is 4.13. The number of benzene rings is 1. The summed E-state index contributed by atoms with van der Waals surface area (Å²) in [5, 5.41) is 0.740. The molecule has 0 N–H and O–H groups in total. The second-order valence-electron chi connectivity index (χ2n) is 6.36. The van der Waals surface area contributed by atoms with Gasteiger partial charge in [0.1, 0.15) is 18.0 Å². The van der Waals surface area contributed by atoms with E-state index in [-0.39, 0.29) is 11.4 Å². The molecule has 3 aromatic rings. The molecule has 0 atom stereocenters. The molecular formula is C18H18FN5O. The third kappa shape index (κ3) is 3.22. The Morgan fingerprint density at radius 1 is 1.16 bits per heavy atom. The number of fused-ring (bicyclic) bond motifs is 1. The van der Waals surface area contributed by atoms with Gasteiger partial charge in [-0.3, -0.25) is 9.36 Å². The number of hydrogen-bond acceptors (Lipinski definition) is 5. The summed E-state index contributed by atoms with van der Waals surface area (Å²) in [7, 11) is 0. The Morgan fingerprint density at radius 2 is 2.00 bits per heavy atom. The van der Waals surface area contributed by atoms with Crippen LogP contribution in [0.5, 0.6) is 0 Å². The van der Waals surface area contributed by atoms with E-state index in [1.54, 1.807) is 17.0 Å². The Morgan fingerprint density at radius 3 is 2.80 bits per heavy atom. The van der Waals surface area contributed by atoms with E-state index in [9.17, 15) is 9.18 Å². The van der Waals surface area contributed by atoms with Crippen molar-refractivity contribution >= 4 is 16.7 Å². The Bertz CT molecular complexity index is 949. The van der Waals surface area contributed by atoms with Gasteiger partial charge in [0.05, 0.1) is 11.8 Å². The highest BCUT2D eigenvalue weighted by Crippen LogP contribution is 2.28. The molecule has 1 fully saturated rings. The van der Waals surface area contributed by atoms with Crippen molar-refractivity contribution in [3.63, 3.8) is 0 Å². The van der Waals surface area contributed by atoms with Crippen LogP contribution < -0.4 is 10.5 Å². The SMILES string of the molecule is O=c1ccncn1CC1CCN(c2ncnc3ccc(F)cc23)CC1. The molecule has 1 saturated heterocycles. The van der Waals surface area contributed by atoms with E-state index in [0.717, 1.165) is 42.7 Å². The molecule has 2 aromatic heterocycles. The summed E-state index contributed by atoms with van der Waals surface area (Å²) in [6, 6.07) is 6.07. The summed E-state index contributed by atoms with van der Waals surface area (Å²) < 4.78 is 15.3. The minimum absolute atomic E-state index is 0.0188. The van der Waals surface area contributed by atoms with Crippen LogP contribution in [-0.4, -0.2) is 32.6 Å². The average molecular weight is 339 g/mol. The fourth-order valence-electron chi connectivity index (χ4n) is 3.39. The fourth-order valence-corrected chi connectivity index (χ4v) is 3.39. The van der Waals surface area contributed by atoms with Crippen LogP contribution in [0.2, 0.25) is 0 Å². The minimum Gasteiger partial charge on any atom is -0.356 e. The van der Waals surface area contributed by atoms with Crippen LogP contribution in [0.1, 0.15) is 12.8 Å². The monoisotopic (exact) mass is 339 g/mol. The van der Waals surface area contributed by atoms with Crippen LogP contribution in [0.25, 0.3) is 10.9 Å². The van der Waals surface area contributed by atoms with Crippen molar-refractivity contribution in [1.82, 2.24) is 19.5 Å². The van der Waals surface area contributed by atoms with Crippen LogP contribution in [0.4, 0.5) is 10.2 Å². The summed E-state index contributed by atoms with van der Waals surface area (Å²) in [5.74, 6) is 0.916. The average Bonchev–Trinajstić information content (AvgIpc) is 2.64. The Hall–Kier alpha value is -2.83. The van der Waals surface area contributed by atoms with Gasteiger partial charge in [-0.25, -0.2) is 19.3 Å². The molecular weight excluding hydrogens is 321 g/mol. The zero-order valence-corrected chi connectivity index (χ0v) is 13.7. The molecule has 0 bridgehead atoms. The molecule has 1 aromatic carbocycles. The molecule has 0 aliphatic carbocycles. The van der Waals surface area contributed by atoms with Gasteiger partial charge >= 0.3 is 0 Å². The molecule has 25 heavy (non-hydrogen) atoms. The van der Waals surface area contributed by atoms with Gasteiger partial charge in [0.2, 0.25) is 0 Å². The summed E-state index contributed by atoms with van der Waals surface area (Å²) in [6.07, 6.45) is 6.53. The maximum atomic E-state index is 13.6. The third-order valence-electron chi connectivity index (χ3n) is 4.74. The molecule has 0 saturated carbocycles. The maximum absolute atomic E-state index is 13.6. The van der Waals surface area contributed by atoms with Crippen molar-refractivity contribution in [3.8, 4) is 0 Å². The third-order valence-corrected chi connectivity index (χ3v) is 4.74. The van der Waals surface area contributed by atoms with E-state index in [1.807, 2.05) is 0 Å². The van der Waals surface area contributed by atoms with Gasteiger partial charge < -0.3 is 4.90 Å². The lowest BCUT2D eigenvalue weighted by Gasteiger charge is -2.33. The first kappa shape index (κ1) is 15.7. The van der Waals surface area contributed by atoms with Gasteiger partial charge in [-0.2, -0.15) is 0 Å². The predicted molar refractivity (Wildman–Crippen MR) is 92.9 cm³/mol. The van der Waals surface area contributed by atoms with Crippen molar-refractivity contribution < 1.29 is 4.39 Å². The highest BCUT2D eigenvalue weighted by molar-refractivity contribution is 5.89. The van der Waals surface area contributed by atoms with Gasteiger partial charge in [-0.1, -0.05) is 0 Å². The van der Waals surface area contributed by atoms with Crippen LogP contribution in [0.3, 0.4) is 0 Å². The lowest BCUT2D eigenvalue weighted by molar-refractivity contribution is 0.350. The predicted octanol–water partition coefficient (Wildman–Crippen LogP) is 2.24. The minimum atomic E-state index is -0.283. The molecule has 0 spiro atoms. The van der Waals surface area contributed by atoms with Gasteiger partial charge in [0.15, 0.2) is 0 Å². The normalized spacial score (nSPS) is 15.6. The summed E-state index contributed by atoms with van der Waals surface area (Å²) in [5.41, 5.74) is 0.727. The van der Waals surface area contributed by atoms with E-state index >= 15 is 0 Å². The Labute approximate surface area is 144 Å². The molecule has 1 aliphatic heterocycles. The van der Waals surface area contributed by atoms with Gasteiger partial charge in [0.25, 0.3) is 5.56 Å². The molecule has 128 valence electrons. The van der Waals surface area contributed by atoms with E-state index in [1.165, 1.54) is 30.7 Å². The lowest BCUT2D eigenvalue weighted by atomic mass is 9.96. The molecule has 6 nitrogen and oxygen atoms in total. The molecule has 0 unspecified atom stereocenters. The summed E-state index contributed by atoms with van der Waals surface area (Å²) >= 11 is 0. The second-order valence-corrected chi connectivity index (χ2v) is 6.36. The van der Waals surface area contributed by atoms with Crippen LogP contribution in [-0.2, 0) is 6.54 Å². The van der Waals surface area contributed by atoms with Gasteiger partial charge in [-0.15, -0.1) is 0 Å². The zero-order chi connectivity index (χ0) is 17.2. The van der Waals surface area contributed by atoms with E-state index < -0.39 is 0 Å². The van der Waals surface area contributed by atoms with Crippen molar-refractivity contribution in [2.75, 3.05) is 18.0 Å². The van der Waals surface area contributed by atoms with Crippen LogP contribution in [0, 0.1) is 11.7 Å². The topological polar surface area (TPSA) is 63.9 Å². The zero-order valence-electron chi connectivity index (χ0n) is 13.7. The molecule has 7 heteroatoms. The first-order valence-electron chi connectivity index (χ1n) is 8.36.